The van der Waals surface area contributed by atoms with Crippen molar-refractivity contribution in [2.24, 2.45) is 0 Å². The molecule has 0 bridgehead atoms. The number of nitrogens with zero attached hydrogens (tertiary/aromatic N) is 1. The monoisotopic (exact) mass is 325 g/mol. The first-order chi connectivity index (χ1) is 10.5. The third kappa shape index (κ3) is 4.43. The predicted octanol–water partition coefficient (Wildman–Crippen LogP) is 1.34. The van der Waals surface area contributed by atoms with Crippen molar-refractivity contribution < 1.29 is 14.7 Å². The summed E-state index contributed by atoms with van der Waals surface area (Å²) in [5, 5.41) is 15.8. The predicted molar refractivity (Wildman–Crippen MR) is 85.3 cm³/mol. The molecule has 2 rings (SSSR count). The minimum atomic E-state index is -0.972. The fraction of sp³-hybridized carbons (Fsp3) is 0.467. The van der Waals surface area contributed by atoms with E-state index in [-0.39, 0.29) is 12.3 Å². The number of carbonyl (C=O) groups is 2. The van der Waals surface area contributed by atoms with Gasteiger partial charge in [0.25, 0.3) is 0 Å². The summed E-state index contributed by atoms with van der Waals surface area (Å²) in [6.07, 6.45) is -0.0821. The number of carboxylic acid groups (broad SMARTS) is 1. The maximum atomic E-state index is 12.2. The van der Waals surface area contributed by atoms with Crippen LogP contribution in [0, 0.1) is 6.92 Å². The van der Waals surface area contributed by atoms with Crippen molar-refractivity contribution in [2.75, 3.05) is 31.5 Å². The molecule has 0 aliphatic carbocycles. The molecule has 1 aromatic rings. The molecule has 0 saturated carbocycles. The zero-order valence-electron chi connectivity index (χ0n) is 12.4. The average molecular weight is 326 g/mol. The van der Waals surface area contributed by atoms with Crippen LogP contribution in [0.15, 0.2) is 18.2 Å². The molecular weight excluding hydrogens is 306 g/mol. The number of benzene rings is 1. The van der Waals surface area contributed by atoms with Gasteiger partial charge in [0.15, 0.2) is 0 Å². The molecule has 1 unspecified atom stereocenters. The largest absolute Gasteiger partial charge is 0.480 e. The van der Waals surface area contributed by atoms with Gasteiger partial charge in [0.05, 0.1) is 6.42 Å². The van der Waals surface area contributed by atoms with Crippen molar-refractivity contribution in [3.05, 3.63) is 28.8 Å². The molecule has 1 atom stereocenters. The number of aryl methyl sites for hydroxylation is 1. The highest BCUT2D eigenvalue weighted by Gasteiger charge is 2.29. The van der Waals surface area contributed by atoms with E-state index >= 15 is 0 Å². The Bertz CT molecular complexity index is 559. The number of hydrogen-bond acceptors (Lipinski definition) is 4. The fourth-order valence-electron chi connectivity index (χ4n) is 2.47. The van der Waals surface area contributed by atoms with Crippen LogP contribution in [0.25, 0.3) is 0 Å². The summed E-state index contributed by atoms with van der Waals surface area (Å²) in [7, 11) is 0. The van der Waals surface area contributed by atoms with Crippen LogP contribution in [-0.2, 0) is 9.59 Å². The summed E-state index contributed by atoms with van der Waals surface area (Å²) in [5.41, 5.74) is 1.49. The molecule has 3 N–H and O–H groups in total. The van der Waals surface area contributed by atoms with Crippen LogP contribution in [0.1, 0.15) is 12.0 Å². The Balaban J connectivity index is 2.01. The molecule has 1 saturated heterocycles. The van der Waals surface area contributed by atoms with Gasteiger partial charge in [-0.1, -0.05) is 17.7 Å². The van der Waals surface area contributed by atoms with Crippen molar-refractivity contribution in [3.8, 4) is 0 Å². The molecular formula is C15H20ClN3O3. The van der Waals surface area contributed by atoms with Crippen LogP contribution in [0.4, 0.5) is 5.69 Å². The molecule has 1 aliphatic rings. The Morgan fingerprint density at radius 3 is 2.73 bits per heavy atom. The number of rotatable bonds is 5. The van der Waals surface area contributed by atoms with Crippen molar-refractivity contribution in [2.45, 2.75) is 19.4 Å². The maximum Gasteiger partial charge on any atom is 0.321 e. The third-order valence-corrected chi connectivity index (χ3v) is 3.96. The molecule has 0 radical (unpaired) electrons. The van der Waals surface area contributed by atoms with Gasteiger partial charge in [0.1, 0.15) is 6.04 Å². The lowest BCUT2D eigenvalue weighted by Crippen LogP contribution is -2.52. The van der Waals surface area contributed by atoms with Gasteiger partial charge >= 0.3 is 5.97 Å². The zero-order valence-corrected chi connectivity index (χ0v) is 13.2. The number of piperazine rings is 1. The van der Waals surface area contributed by atoms with Gasteiger partial charge in [-0.2, -0.15) is 0 Å². The number of hydrogen-bond donors (Lipinski definition) is 3. The van der Waals surface area contributed by atoms with Crippen LogP contribution in [0.5, 0.6) is 0 Å². The summed E-state index contributed by atoms with van der Waals surface area (Å²) < 4.78 is 0. The second-order valence-corrected chi connectivity index (χ2v) is 5.79. The van der Waals surface area contributed by atoms with Gasteiger partial charge in [-0.05, 0) is 24.6 Å². The van der Waals surface area contributed by atoms with E-state index in [9.17, 15) is 14.7 Å². The summed E-state index contributed by atoms with van der Waals surface area (Å²) in [6.45, 7) is 4.58. The van der Waals surface area contributed by atoms with Crippen LogP contribution >= 0.6 is 11.6 Å². The fourth-order valence-corrected chi connectivity index (χ4v) is 2.64. The quantitative estimate of drug-likeness (QED) is 0.761. The topological polar surface area (TPSA) is 81.7 Å². The van der Waals surface area contributed by atoms with Gasteiger partial charge in [0.2, 0.25) is 5.91 Å². The van der Waals surface area contributed by atoms with Crippen molar-refractivity contribution in [3.63, 3.8) is 0 Å². The lowest BCUT2D eigenvalue weighted by Gasteiger charge is -2.32. The van der Waals surface area contributed by atoms with E-state index in [4.69, 9.17) is 11.6 Å². The second-order valence-electron chi connectivity index (χ2n) is 5.35. The first-order valence-corrected chi connectivity index (χ1v) is 7.59. The molecule has 1 heterocycles. The standard InChI is InChI=1S/C15H20ClN3O3/c1-10-2-3-11(16)8-12(10)18-14(20)9-13(15(21)22)19-6-4-17-5-7-19/h2-3,8,13,17H,4-7,9H2,1H3,(H,18,20)(H,21,22). The summed E-state index contributed by atoms with van der Waals surface area (Å²) in [5.74, 6) is -1.30. The van der Waals surface area contributed by atoms with E-state index in [1.165, 1.54) is 0 Å². The Kier molecular flexibility index (Phi) is 5.76. The first-order valence-electron chi connectivity index (χ1n) is 7.21. The minimum absolute atomic E-state index is 0.0821. The second kappa shape index (κ2) is 7.58. The number of amides is 1. The number of halogens is 1. The molecule has 1 aliphatic heterocycles. The SMILES string of the molecule is Cc1ccc(Cl)cc1NC(=O)CC(C(=O)O)N1CCNCC1. The van der Waals surface area contributed by atoms with Gasteiger partial charge in [-0.15, -0.1) is 0 Å². The van der Waals surface area contributed by atoms with Crippen LogP contribution < -0.4 is 10.6 Å². The molecule has 1 amide bonds. The Labute approximate surface area is 134 Å². The smallest absolute Gasteiger partial charge is 0.321 e. The number of anilines is 1. The summed E-state index contributed by atoms with van der Waals surface area (Å²) in [6, 6.07) is 4.41. The average Bonchev–Trinajstić information content (AvgIpc) is 2.49. The van der Waals surface area contributed by atoms with Crippen molar-refractivity contribution >= 4 is 29.2 Å². The van der Waals surface area contributed by atoms with Gasteiger partial charge < -0.3 is 15.7 Å². The lowest BCUT2D eigenvalue weighted by molar-refractivity contribution is -0.145. The third-order valence-electron chi connectivity index (χ3n) is 3.73. The van der Waals surface area contributed by atoms with E-state index in [0.717, 1.165) is 18.7 Å². The summed E-state index contributed by atoms with van der Waals surface area (Å²) >= 11 is 5.92. The Morgan fingerprint density at radius 1 is 1.41 bits per heavy atom. The molecule has 7 heteroatoms. The lowest BCUT2D eigenvalue weighted by atomic mass is 10.1. The van der Waals surface area contributed by atoms with Gasteiger partial charge in [0, 0.05) is 36.9 Å². The van der Waals surface area contributed by atoms with Crippen molar-refractivity contribution in [1.82, 2.24) is 10.2 Å². The van der Waals surface area contributed by atoms with Gasteiger partial charge in [-0.25, -0.2) is 0 Å². The van der Waals surface area contributed by atoms with E-state index in [1.807, 2.05) is 17.9 Å². The maximum absolute atomic E-state index is 12.2. The summed E-state index contributed by atoms with van der Waals surface area (Å²) in [4.78, 5) is 25.4. The molecule has 120 valence electrons. The number of carboxylic acids is 1. The Morgan fingerprint density at radius 2 is 2.09 bits per heavy atom. The van der Waals surface area contributed by atoms with E-state index < -0.39 is 12.0 Å². The van der Waals surface area contributed by atoms with E-state index in [1.54, 1.807) is 12.1 Å². The normalized spacial score (nSPS) is 17.0. The van der Waals surface area contributed by atoms with Crippen LogP contribution in [0.2, 0.25) is 5.02 Å². The van der Waals surface area contributed by atoms with E-state index in [0.29, 0.717) is 23.8 Å². The zero-order chi connectivity index (χ0) is 16.1. The van der Waals surface area contributed by atoms with Crippen molar-refractivity contribution in [1.29, 1.82) is 0 Å². The first kappa shape index (κ1) is 16.7. The molecule has 6 nitrogen and oxygen atoms in total. The Hall–Kier alpha value is -1.63. The minimum Gasteiger partial charge on any atom is -0.480 e. The molecule has 22 heavy (non-hydrogen) atoms. The molecule has 0 spiro atoms. The van der Waals surface area contributed by atoms with Crippen LogP contribution in [-0.4, -0.2) is 54.1 Å². The highest BCUT2D eigenvalue weighted by molar-refractivity contribution is 6.31. The number of aliphatic carboxylic acids is 1. The number of carbonyl (C=O) groups excluding carboxylic acids is 1. The number of nitrogens with one attached hydrogen (secondary N) is 2. The van der Waals surface area contributed by atoms with E-state index in [2.05, 4.69) is 10.6 Å². The molecule has 1 fully saturated rings. The molecule has 1 aromatic carbocycles. The molecule has 0 aromatic heterocycles. The highest BCUT2D eigenvalue weighted by Crippen LogP contribution is 2.20. The van der Waals surface area contributed by atoms with Crippen LogP contribution in [0.3, 0.4) is 0 Å². The van der Waals surface area contributed by atoms with Gasteiger partial charge in [-0.3, -0.25) is 14.5 Å². The highest BCUT2D eigenvalue weighted by atomic mass is 35.5.